The first kappa shape index (κ1) is 16.0. The number of benzene rings is 1. The highest BCUT2D eigenvalue weighted by Gasteiger charge is 2.07. The van der Waals surface area contributed by atoms with Gasteiger partial charge in [-0.05, 0) is 31.2 Å². The van der Waals surface area contributed by atoms with E-state index in [4.69, 9.17) is 4.74 Å². The van der Waals surface area contributed by atoms with Gasteiger partial charge in [-0.15, -0.1) is 0 Å². The Labute approximate surface area is 149 Å². The summed E-state index contributed by atoms with van der Waals surface area (Å²) in [4.78, 5) is 16.4. The van der Waals surface area contributed by atoms with Crippen molar-refractivity contribution < 1.29 is 4.74 Å². The third kappa shape index (κ3) is 3.19. The monoisotopic (exact) mass is 347 g/mol. The molecule has 0 bridgehead atoms. The number of pyridine rings is 1. The van der Waals surface area contributed by atoms with Crippen molar-refractivity contribution in [3.63, 3.8) is 0 Å². The largest absolute Gasteiger partial charge is 0.487 e. The molecule has 1 aromatic carbocycles. The number of aryl methyl sites for hydroxylation is 1. The summed E-state index contributed by atoms with van der Waals surface area (Å²) in [6.45, 7) is 2.87. The molecule has 0 saturated heterocycles. The van der Waals surface area contributed by atoms with Gasteiger partial charge in [-0.25, -0.2) is 4.68 Å². The summed E-state index contributed by atoms with van der Waals surface area (Å²) in [5.41, 5.74) is 1.87. The molecule has 0 N–H and O–H groups in total. The second-order valence-corrected chi connectivity index (χ2v) is 5.77. The van der Waals surface area contributed by atoms with Gasteiger partial charge in [-0.3, -0.25) is 14.5 Å². The number of hydrogen-bond donors (Lipinski definition) is 0. The summed E-state index contributed by atoms with van der Waals surface area (Å²) < 4.78 is 9.20. The van der Waals surface area contributed by atoms with Crippen LogP contribution in [0.3, 0.4) is 0 Å². The molecule has 3 heterocycles. The highest BCUT2D eigenvalue weighted by atomic mass is 16.5. The molecule has 0 atom stereocenters. The summed E-state index contributed by atoms with van der Waals surface area (Å²) in [5, 5.41) is 9.59. The zero-order valence-corrected chi connectivity index (χ0v) is 14.2. The van der Waals surface area contributed by atoms with Crippen LogP contribution in [0.15, 0.2) is 66.0 Å². The lowest BCUT2D eigenvalue weighted by atomic mass is 10.2. The molecular formula is C19H17N5O2. The second kappa shape index (κ2) is 6.79. The zero-order valence-electron chi connectivity index (χ0n) is 14.2. The quantitative estimate of drug-likeness (QED) is 0.555. The van der Waals surface area contributed by atoms with Crippen LogP contribution in [0, 0.1) is 0 Å². The Bertz CT molecular complexity index is 1120. The molecule has 130 valence electrons. The van der Waals surface area contributed by atoms with E-state index < -0.39 is 0 Å². The molecule has 7 heteroatoms. The van der Waals surface area contributed by atoms with Gasteiger partial charge < -0.3 is 4.74 Å². The van der Waals surface area contributed by atoms with Crippen LogP contribution >= 0.6 is 0 Å². The fourth-order valence-corrected chi connectivity index (χ4v) is 2.63. The standard InChI is InChI=1S/C19H17N5O2/c1-2-23-12-15(11-21-23)24-9-7-19(25)18(22-24)13-26-16-5-6-17-14(10-16)4-3-8-20-17/h3-12H,2,13H2,1H3. The molecule has 26 heavy (non-hydrogen) atoms. The van der Waals surface area contributed by atoms with Gasteiger partial charge in [0.15, 0.2) is 0 Å². The predicted molar refractivity (Wildman–Crippen MR) is 97.4 cm³/mol. The van der Waals surface area contributed by atoms with Crippen LogP contribution in [-0.2, 0) is 13.2 Å². The Hall–Kier alpha value is -3.48. The minimum atomic E-state index is -0.161. The zero-order chi connectivity index (χ0) is 17.9. The first-order valence-corrected chi connectivity index (χ1v) is 8.32. The molecule has 0 radical (unpaired) electrons. The number of fused-ring (bicyclic) bond motifs is 1. The lowest BCUT2D eigenvalue weighted by Crippen LogP contribution is -2.17. The van der Waals surface area contributed by atoms with Crippen molar-refractivity contribution in [3.8, 4) is 11.4 Å². The molecular weight excluding hydrogens is 330 g/mol. The normalized spacial score (nSPS) is 11.0. The summed E-state index contributed by atoms with van der Waals surface area (Å²) in [6.07, 6.45) is 6.96. The SMILES string of the molecule is CCn1cc(-n2ccc(=O)c(COc3ccc4ncccc4c3)n2)cn1. The molecule has 0 spiro atoms. The Morgan fingerprint density at radius 2 is 2.12 bits per heavy atom. The Balaban J connectivity index is 1.57. The highest BCUT2D eigenvalue weighted by molar-refractivity contribution is 5.79. The number of rotatable bonds is 5. The Morgan fingerprint density at radius 3 is 2.96 bits per heavy atom. The second-order valence-electron chi connectivity index (χ2n) is 5.77. The van der Waals surface area contributed by atoms with E-state index in [9.17, 15) is 4.79 Å². The lowest BCUT2D eigenvalue weighted by Gasteiger charge is -2.08. The first-order valence-electron chi connectivity index (χ1n) is 8.32. The highest BCUT2D eigenvalue weighted by Crippen LogP contribution is 2.19. The Morgan fingerprint density at radius 1 is 1.19 bits per heavy atom. The van der Waals surface area contributed by atoms with E-state index in [1.165, 1.54) is 6.07 Å². The van der Waals surface area contributed by atoms with E-state index >= 15 is 0 Å². The molecule has 0 unspecified atom stereocenters. The van der Waals surface area contributed by atoms with Gasteiger partial charge in [0.2, 0.25) is 5.43 Å². The fraction of sp³-hybridized carbons (Fsp3) is 0.158. The van der Waals surface area contributed by atoms with Crippen molar-refractivity contribution >= 4 is 10.9 Å². The Kier molecular flexibility index (Phi) is 4.18. The average Bonchev–Trinajstić information content (AvgIpc) is 3.16. The predicted octanol–water partition coefficient (Wildman–Crippen LogP) is 2.58. The van der Waals surface area contributed by atoms with E-state index in [0.29, 0.717) is 11.4 Å². The number of hydrogen-bond acceptors (Lipinski definition) is 5. The smallest absolute Gasteiger partial charge is 0.206 e. The van der Waals surface area contributed by atoms with Crippen molar-refractivity contribution in [1.82, 2.24) is 24.5 Å². The third-order valence-corrected chi connectivity index (χ3v) is 4.04. The van der Waals surface area contributed by atoms with E-state index in [-0.39, 0.29) is 12.0 Å². The molecule has 0 aliphatic rings. The van der Waals surface area contributed by atoms with Crippen LogP contribution in [0.2, 0.25) is 0 Å². The minimum Gasteiger partial charge on any atom is -0.487 e. The fourth-order valence-electron chi connectivity index (χ4n) is 2.63. The topological polar surface area (TPSA) is 74.8 Å². The average molecular weight is 347 g/mol. The molecule has 0 aliphatic heterocycles. The third-order valence-electron chi connectivity index (χ3n) is 4.04. The van der Waals surface area contributed by atoms with Crippen LogP contribution < -0.4 is 10.2 Å². The van der Waals surface area contributed by atoms with E-state index in [1.54, 1.807) is 28.0 Å². The molecule has 4 rings (SSSR count). The molecule has 0 fully saturated rings. The van der Waals surface area contributed by atoms with Crippen LogP contribution in [0.25, 0.3) is 16.6 Å². The maximum atomic E-state index is 12.1. The van der Waals surface area contributed by atoms with Gasteiger partial charge in [0, 0.05) is 30.4 Å². The molecule has 7 nitrogen and oxygen atoms in total. The first-order chi connectivity index (χ1) is 12.7. The van der Waals surface area contributed by atoms with Crippen LogP contribution in [0.1, 0.15) is 12.6 Å². The molecule has 0 aliphatic carbocycles. The molecule has 4 aromatic rings. The summed E-state index contributed by atoms with van der Waals surface area (Å²) >= 11 is 0. The van der Waals surface area contributed by atoms with Crippen molar-refractivity contribution in [1.29, 1.82) is 0 Å². The van der Waals surface area contributed by atoms with Crippen molar-refractivity contribution in [2.24, 2.45) is 0 Å². The molecule has 0 amide bonds. The van der Waals surface area contributed by atoms with Gasteiger partial charge in [0.1, 0.15) is 23.7 Å². The lowest BCUT2D eigenvalue weighted by molar-refractivity contribution is 0.298. The van der Waals surface area contributed by atoms with E-state index in [1.807, 2.05) is 43.5 Å². The number of nitrogens with zero attached hydrogens (tertiary/aromatic N) is 5. The van der Waals surface area contributed by atoms with Crippen LogP contribution in [-0.4, -0.2) is 24.5 Å². The summed E-state index contributed by atoms with van der Waals surface area (Å²) in [6, 6.07) is 10.9. The maximum Gasteiger partial charge on any atom is 0.206 e. The van der Waals surface area contributed by atoms with Gasteiger partial charge in [0.25, 0.3) is 0 Å². The number of ether oxygens (including phenoxy) is 1. The van der Waals surface area contributed by atoms with Crippen LogP contribution in [0.5, 0.6) is 5.75 Å². The number of aromatic nitrogens is 5. The molecule has 3 aromatic heterocycles. The van der Waals surface area contributed by atoms with Gasteiger partial charge >= 0.3 is 0 Å². The van der Waals surface area contributed by atoms with Crippen molar-refractivity contribution in [2.45, 2.75) is 20.1 Å². The van der Waals surface area contributed by atoms with Gasteiger partial charge in [-0.1, -0.05) is 6.07 Å². The van der Waals surface area contributed by atoms with Gasteiger partial charge in [-0.2, -0.15) is 10.2 Å². The van der Waals surface area contributed by atoms with E-state index in [0.717, 1.165) is 23.1 Å². The van der Waals surface area contributed by atoms with Crippen molar-refractivity contribution in [2.75, 3.05) is 0 Å². The molecule has 0 saturated carbocycles. The summed E-state index contributed by atoms with van der Waals surface area (Å²) in [5.74, 6) is 0.668. The maximum absolute atomic E-state index is 12.1. The van der Waals surface area contributed by atoms with E-state index in [2.05, 4.69) is 15.2 Å². The summed E-state index contributed by atoms with van der Waals surface area (Å²) in [7, 11) is 0. The van der Waals surface area contributed by atoms with Gasteiger partial charge in [0.05, 0.1) is 17.9 Å². The minimum absolute atomic E-state index is 0.0906. The van der Waals surface area contributed by atoms with Crippen LogP contribution in [0.4, 0.5) is 0 Å². The van der Waals surface area contributed by atoms with Crippen molar-refractivity contribution in [3.05, 3.63) is 77.1 Å².